The number of nitro groups is 1. The number of rotatable bonds is 9. The number of carbonyl (C=O) groups is 2. The van der Waals surface area contributed by atoms with Crippen molar-refractivity contribution in [2.45, 2.75) is 26.3 Å². The van der Waals surface area contributed by atoms with Gasteiger partial charge in [-0.05, 0) is 18.6 Å². The maximum Gasteiger partial charge on any atom is 0.350 e. The molecular weight excluding hydrogens is 514 g/mol. The van der Waals surface area contributed by atoms with E-state index >= 15 is 0 Å². The molecule has 2 amide bonds. The second kappa shape index (κ2) is 9.88. The van der Waals surface area contributed by atoms with Gasteiger partial charge in [0.05, 0.1) is 30.0 Å². The fourth-order valence-corrected chi connectivity index (χ4v) is 4.81. The fourth-order valence-electron chi connectivity index (χ4n) is 3.79. The molecule has 0 atom stereocenters. The zero-order valence-corrected chi connectivity index (χ0v) is 20.5. The van der Waals surface area contributed by atoms with Gasteiger partial charge in [-0.2, -0.15) is 5.10 Å². The molecule has 0 fully saturated rings. The highest BCUT2D eigenvalue weighted by Crippen LogP contribution is 2.43. The lowest BCUT2D eigenvalue weighted by atomic mass is 10.0. The summed E-state index contributed by atoms with van der Waals surface area (Å²) in [7, 11) is 2.90. The van der Waals surface area contributed by atoms with Crippen LogP contribution in [-0.2, 0) is 18.4 Å². The van der Waals surface area contributed by atoms with E-state index in [0.717, 1.165) is 17.5 Å². The molecule has 0 saturated carbocycles. The Morgan fingerprint density at radius 1 is 1.30 bits per heavy atom. The SMILES string of the molecule is COc1nn(CCC(=O)Nc2c(C(N)=O)sc3nc(C(F)F)cc(-c4cn(C)nc4C)c23)cc1[N+](=O)[O-]. The van der Waals surface area contributed by atoms with Crippen molar-refractivity contribution in [1.29, 1.82) is 0 Å². The molecule has 0 unspecified atom stereocenters. The van der Waals surface area contributed by atoms with E-state index < -0.39 is 28.9 Å². The van der Waals surface area contributed by atoms with Crippen LogP contribution in [0.15, 0.2) is 18.5 Å². The number of nitrogens with zero attached hydrogens (tertiary/aromatic N) is 6. The minimum absolute atomic E-state index is 0.0353. The minimum Gasteiger partial charge on any atom is -0.475 e. The van der Waals surface area contributed by atoms with E-state index in [-0.39, 0.29) is 45.3 Å². The van der Waals surface area contributed by atoms with Gasteiger partial charge in [-0.15, -0.1) is 16.4 Å². The second-order valence-electron chi connectivity index (χ2n) is 7.89. The smallest absolute Gasteiger partial charge is 0.350 e. The zero-order chi connectivity index (χ0) is 27.0. The number of anilines is 1. The van der Waals surface area contributed by atoms with Crippen molar-refractivity contribution in [3.8, 4) is 17.0 Å². The minimum atomic E-state index is -2.88. The van der Waals surface area contributed by atoms with E-state index in [1.165, 1.54) is 22.5 Å². The molecule has 4 aromatic rings. The van der Waals surface area contributed by atoms with Crippen LogP contribution in [0, 0.1) is 17.0 Å². The van der Waals surface area contributed by atoms with E-state index in [9.17, 15) is 28.5 Å². The molecule has 0 bridgehead atoms. The van der Waals surface area contributed by atoms with E-state index in [0.29, 0.717) is 16.8 Å². The highest BCUT2D eigenvalue weighted by molar-refractivity contribution is 7.21. The number of thiophene rings is 1. The average molecular weight is 535 g/mol. The Morgan fingerprint density at radius 2 is 2.03 bits per heavy atom. The molecule has 4 rings (SSSR count). The predicted molar refractivity (Wildman–Crippen MR) is 129 cm³/mol. The van der Waals surface area contributed by atoms with Gasteiger partial charge in [0.25, 0.3) is 12.3 Å². The Balaban J connectivity index is 1.74. The first-order valence-electron chi connectivity index (χ1n) is 10.6. The van der Waals surface area contributed by atoms with E-state index in [4.69, 9.17) is 10.5 Å². The number of pyridine rings is 1. The van der Waals surface area contributed by atoms with Crippen molar-refractivity contribution < 1.29 is 28.0 Å². The molecule has 16 heteroatoms. The normalized spacial score (nSPS) is 11.3. The van der Waals surface area contributed by atoms with Crippen LogP contribution in [0.5, 0.6) is 5.88 Å². The number of carbonyl (C=O) groups excluding carboxylic acids is 2. The van der Waals surface area contributed by atoms with E-state index in [1.54, 1.807) is 20.2 Å². The first-order valence-corrected chi connectivity index (χ1v) is 11.4. The maximum atomic E-state index is 13.6. The molecule has 4 aromatic heterocycles. The Kier molecular flexibility index (Phi) is 6.84. The van der Waals surface area contributed by atoms with Gasteiger partial charge in [0.2, 0.25) is 5.91 Å². The Bertz CT molecular complexity index is 1540. The van der Waals surface area contributed by atoms with Crippen LogP contribution in [0.3, 0.4) is 0 Å². The monoisotopic (exact) mass is 534 g/mol. The molecule has 37 heavy (non-hydrogen) atoms. The number of fused-ring (bicyclic) bond motifs is 1. The molecule has 0 spiro atoms. The molecular formula is C21H20F2N8O5S. The summed E-state index contributed by atoms with van der Waals surface area (Å²) >= 11 is 0.783. The quantitative estimate of drug-likeness (QED) is 0.243. The molecule has 0 radical (unpaired) electrons. The highest BCUT2D eigenvalue weighted by atomic mass is 32.1. The number of amides is 2. The number of alkyl halides is 2. The number of halogens is 2. The molecule has 13 nitrogen and oxygen atoms in total. The molecule has 4 heterocycles. The van der Waals surface area contributed by atoms with Gasteiger partial charge in [0, 0.05) is 30.6 Å². The van der Waals surface area contributed by atoms with Crippen LogP contribution in [0.25, 0.3) is 21.3 Å². The first-order chi connectivity index (χ1) is 17.5. The van der Waals surface area contributed by atoms with Crippen molar-refractivity contribution in [1.82, 2.24) is 24.5 Å². The zero-order valence-electron chi connectivity index (χ0n) is 19.7. The number of hydrogen-bond donors (Lipinski definition) is 2. The van der Waals surface area contributed by atoms with Gasteiger partial charge in [0.1, 0.15) is 21.6 Å². The Labute approximate surface area is 211 Å². The number of aromatic nitrogens is 5. The van der Waals surface area contributed by atoms with Gasteiger partial charge in [-0.3, -0.25) is 29.1 Å². The summed E-state index contributed by atoms with van der Waals surface area (Å²) in [6, 6.07) is 1.19. The van der Waals surface area contributed by atoms with E-state index in [1.807, 2.05) is 0 Å². The topological polar surface area (TPSA) is 173 Å². The van der Waals surface area contributed by atoms with Gasteiger partial charge in [-0.25, -0.2) is 13.8 Å². The van der Waals surface area contributed by atoms with E-state index in [2.05, 4.69) is 20.5 Å². The predicted octanol–water partition coefficient (Wildman–Crippen LogP) is 3.18. The Hall–Kier alpha value is -4.47. The van der Waals surface area contributed by atoms with Crippen LogP contribution in [0.4, 0.5) is 20.2 Å². The van der Waals surface area contributed by atoms with Gasteiger partial charge < -0.3 is 15.8 Å². The summed E-state index contributed by atoms with van der Waals surface area (Å²) < 4.78 is 34.8. The van der Waals surface area contributed by atoms with Crippen LogP contribution in [0.1, 0.15) is 33.9 Å². The van der Waals surface area contributed by atoms with Gasteiger partial charge >= 0.3 is 11.6 Å². The lowest BCUT2D eigenvalue weighted by Crippen LogP contribution is -2.18. The average Bonchev–Trinajstić information content (AvgIpc) is 3.51. The first kappa shape index (κ1) is 25.6. The third-order valence-corrected chi connectivity index (χ3v) is 6.46. The molecule has 0 aliphatic carbocycles. The number of aryl methyl sites for hydroxylation is 3. The number of ether oxygens (including phenoxy) is 1. The van der Waals surface area contributed by atoms with Crippen molar-refractivity contribution in [3.63, 3.8) is 0 Å². The van der Waals surface area contributed by atoms with Crippen LogP contribution in [-0.4, -0.2) is 48.4 Å². The lowest BCUT2D eigenvalue weighted by Gasteiger charge is -2.10. The fraction of sp³-hybridized carbons (Fsp3) is 0.286. The van der Waals surface area contributed by atoms with Crippen molar-refractivity contribution in [3.05, 3.63) is 44.8 Å². The van der Waals surface area contributed by atoms with Crippen LogP contribution in [0.2, 0.25) is 0 Å². The summed E-state index contributed by atoms with van der Waals surface area (Å²) in [5.74, 6) is -1.66. The van der Waals surface area contributed by atoms with Crippen LogP contribution >= 0.6 is 11.3 Å². The molecule has 3 N–H and O–H groups in total. The van der Waals surface area contributed by atoms with Crippen molar-refractivity contribution in [2.75, 3.05) is 12.4 Å². The number of primary amides is 1. The van der Waals surface area contributed by atoms with Crippen molar-refractivity contribution >= 4 is 44.7 Å². The second-order valence-corrected chi connectivity index (χ2v) is 8.89. The third kappa shape index (κ3) is 4.95. The maximum absolute atomic E-state index is 13.6. The summed E-state index contributed by atoms with van der Waals surface area (Å²) in [5.41, 5.74) is 6.06. The Morgan fingerprint density at radius 3 is 2.57 bits per heavy atom. The molecule has 0 aliphatic heterocycles. The molecule has 194 valence electrons. The highest BCUT2D eigenvalue weighted by Gasteiger charge is 2.26. The number of hydrogen-bond acceptors (Lipinski definition) is 9. The summed E-state index contributed by atoms with van der Waals surface area (Å²) in [5, 5.41) is 22.2. The summed E-state index contributed by atoms with van der Waals surface area (Å²) in [6.45, 7) is 1.65. The third-order valence-electron chi connectivity index (χ3n) is 5.36. The number of nitrogens with one attached hydrogen (secondary N) is 1. The van der Waals surface area contributed by atoms with Crippen LogP contribution < -0.4 is 15.8 Å². The number of nitrogens with two attached hydrogens (primary N) is 1. The lowest BCUT2D eigenvalue weighted by molar-refractivity contribution is -0.385. The molecule has 0 aliphatic rings. The van der Waals surface area contributed by atoms with Gasteiger partial charge in [-0.1, -0.05) is 0 Å². The molecule has 0 saturated heterocycles. The number of methoxy groups -OCH3 is 1. The summed E-state index contributed by atoms with van der Waals surface area (Å²) in [4.78, 5) is 39.5. The molecule has 0 aromatic carbocycles. The van der Waals surface area contributed by atoms with Crippen molar-refractivity contribution in [2.24, 2.45) is 12.8 Å². The largest absolute Gasteiger partial charge is 0.475 e. The van der Waals surface area contributed by atoms with Gasteiger partial charge in [0.15, 0.2) is 0 Å². The summed E-state index contributed by atoms with van der Waals surface area (Å²) in [6.07, 6.45) is -0.321. The standard InChI is InChI=1S/C21H20F2N8O5S/c1-9-11(7-29(2)27-9)10-6-12(18(22)23)25-21-15(10)16(17(37-21)19(24)33)26-14(32)4-5-30-8-13(31(34)35)20(28-30)36-3/h6-8,18H,4-5H2,1-3H3,(H2,24,33)(H,26,32).